The lowest BCUT2D eigenvalue weighted by atomic mass is 9.84. The Morgan fingerprint density at radius 1 is 1.45 bits per heavy atom. The average molecular weight is 401 g/mol. The van der Waals surface area contributed by atoms with E-state index in [1.165, 1.54) is 34.4 Å². The molecule has 0 spiro atoms. The number of amides is 1. The van der Waals surface area contributed by atoms with Gasteiger partial charge < -0.3 is 10.2 Å². The number of nitrogens with zero attached hydrogens (tertiary/aromatic N) is 2. The van der Waals surface area contributed by atoms with Gasteiger partial charge in [-0.25, -0.2) is 4.98 Å². The molecule has 20 heavy (non-hydrogen) atoms. The maximum absolute atomic E-state index is 12.4. The summed E-state index contributed by atoms with van der Waals surface area (Å²) >= 11 is 1.72. The molecule has 2 bridgehead atoms. The van der Waals surface area contributed by atoms with Gasteiger partial charge in [0.25, 0.3) is 5.91 Å². The Morgan fingerprint density at radius 2 is 2.30 bits per heavy atom. The predicted octanol–water partition coefficient (Wildman–Crippen LogP) is 1.91. The summed E-state index contributed by atoms with van der Waals surface area (Å²) < 4.78 is 3.60. The van der Waals surface area contributed by atoms with Crippen LogP contribution in [0.1, 0.15) is 23.3 Å². The van der Waals surface area contributed by atoms with Crippen LogP contribution in [0.25, 0.3) is 0 Å². The molecule has 106 valence electrons. The van der Waals surface area contributed by atoms with E-state index in [9.17, 15) is 4.79 Å². The van der Waals surface area contributed by atoms with Crippen molar-refractivity contribution >= 4 is 41.7 Å². The first kappa shape index (κ1) is 13.2. The normalized spacial score (nSPS) is 30.7. The van der Waals surface area contributed by atoms with Gasteiger partial charge in [0.2, 0.25) is 0 Å². The number of piperidine rings is 3. The monoisotopic (exact) mass is 401 g/mol. The highest BCUT2D eigenvalue weighted by atomic mass is 127. The number of rotatable bonds is 2. The first-order valence-electron chi connectivity index (χ1n) is 6.94. The van der Waals surface area contributed by atoms with Crippen LogP contribution in [0.4, 0.5) is 0 Å². The molecule has 3 fully saturated rings. The van der Waals surface area contributed by atoms with Crippen molar-refractivity contribution in [2.75, 3.05) is 19.6 Å². The van der Waals surface area contributed by atoms with E-state index in [1.807, 2.05) is 12.3 Å². The van der Waals surface area contributed by atoms with Crippen molar-refractivity contribution in [1.82, 2.24) is 15.2 Å². The fourth-order valence-electron chi connectivity index (χ4n) is 3.20. The molecule has 5 rings (SSSR count). The second-order valence-electron chi connectivity index (χ2n) is 5.53. The van der Waals surface area contributed by atoms with E-state index < -0.39 is 0 Å². The molecule has 0 unspecified atom stereocenters. The minimum absolute atomic E-state index is 0.00691. The summed E-state index contributed by atoms with van der Waals surface area (Å²) in [5, 5.41) is 3.21. The third-order valence-electron chi connectivity index (χ3n) is 4.36. The highest BCUT2D eigenvalue weighted by Crippen LogP contribution is 2.33. The minimum Gasteiger partial charge on any atom is -0.346 e. The second-order valence-corrected chi connectivity index (χ2v) is 9.70. The van der Waals surface area contributed by atoms with Crippen molar-refractivity contribution in [3.05, 3.63) is 21.5 Å². The molecule has 0 radical (unpaired) electrons. The zero-order valence-electron chi connectivity index (χ0n) is 11.0. The summed E-state index contributed by atoms with van der Waals surface area (Å²) in [7, 11) is 0. The van der Waals surface area contributed by atoms with E-state index >= 15 is 0 Å². The topological polar surface area (TPSA) is 45.2 Å². The molecule has 1 atom stereocenters. The zero-order chi connectivity index (χ0) is 13.5. The maximum atomic E-state index is 12.4. The van der Waals surface area contributed by atoms with Gasteiger partial charge >= 0.3 is 0 Å². The third-order valence-corrected chi connectivity index (χ3v) is 8.57. The standard InChI is InChI=1S/C14H16IN3OS/c19-14(11-5-10-13(6-16-11)20-8-15-10)17-12-7-18-3-1-9(12)2-4-18/h5-6,8-9,12H,1-4,7H2,(H,17,19)/t12-/m0/s1. The molecule has 0 aliphatic carbocycles. The van der Waals surface area contributed by atoms with Crippen molar-refractivity contribution in [3.8, 4) is 0 Å². The van der Waals surface area contributed by atoms with Gasteiger partial charge in [0.1, 0.15) is 5.69 Å². The fourth-order valence-corrected chi connectivity index (χ4v) is 7.35. The van der Waals surface area contributed by atoms with Crippen LogP contribution in [0, 0.1) is 9.49 Å². The SMILES string of the molecule is O=C(N[C@H]1CN2CCC1CC2)c1cc2c(cn1)SC=I2. The van der Waals surface area contributed by atoms with Crippen molar-refractivity contribution in [2.24, 2.45) is 5.92 Å². The van der Waals surface area contributed by atoms with Gasteiger partial charge in [0, 0.05) is 30.6 Å². The van der Waals surface area contributed by atoms with E-state index in [1.54, 1.807) is 11.8 Å². The molecule has 1 aromatic heterocycles. The Hall–Kier alpha value is -0.470. The zero-order valence-corrected chi connectivity index (χ0v) is 14.0. The summed E-state index contributed by atoms with van der Waals surface area (Å²) in [6.45, 7) is 3.41. The third kappa shape index (κ3) is 2.42. The Balaban J connectivity index is 1.49. The number of nitrogens with one attached hydrogen (secondary N) is 1. The highest BCUT2D eigenvalue weighted by Gasteiger charge is 2.35. The van der Waals surface area contributed by atoms with Gasteiger partial charge in [0.15, 0.2) is 0 Å². The molecule has 4 aliphatic rings. The van der Waals surface area contributed by atoms with Crippen molar-refractivity contribution in [1.29, 1.82) is 0 Å². The van der Waals surface area contributed by atoms with Crippen LogP contribution in [-0.4, -0.2) is 44.8 Å². The molecule has 4 aliphatic heterocycles. The number of hydrogen-bond donors (Lipinski definition) is 1. The van der Waals surface area contributed by atoms with Crippen LogP contribution in [0.2, 0.25) is 0 Å². The molecular formula is C14H16IN3OS. The van der Waals surface area contributed by atoms with Crippen LogP contribution >= 0.6 is 32.5 Å². The second kappa shape index (κ2) is 5.38. The number of carbonyl (C=O) groups excluding carboxylic acids is 1. The number of halogens is 1. The highest BCUT2D eigenvalue weighted by molar-refractivity contribution is 14.2. The van der Waals surface area contributed by atoms with Crippen molar-refractivity contribution in [2.45, 2.75) is 23.8 Å². The number of pyridine rings is 1. The van der Waals surface area contributed by atoms with Gasteiger partial charge in [-0.05, 0) is 37.9 Å². The van der Waals surface area contributed by atoms with E-state index in [4.69, 9.17) is 0 Å². The molecule has 3 saturated heterocycles. The molecule has 0 saturated carbocycles. The van der Waals surface area contributed by atoms with Crippen LogP contribution in [0.15, 0.2) is 17.2 Å². The summed E-state index contributed by atoms with van der Waals surface area (Å²) in [6.07, 6.45) is 4.30. The molecule has 4 nitrogen and oxygen atoms in total. The average Bonchev–Trinajstić information content (AvgIpc) is 2.96. The Bertz CT molecular complexity index is 584. The van der Waals surface area contributed by atoms with Gasteiger partial charge in [-0.3, -0.25) is 4.79 Å². The number of hydrogen-bond acceptors (Lipinski definition) is 4. The van der Waals surface area contributed by atoms with Crippen LogP contribution in [-0.2, 0) is 0 Å². The molecule has 0 aromatic carbocycles. The predicted molar refractivity (Wildman–Crippen MR) is 89.3 cm³/mol. The first-order valence-corrected chi connectivity index (χ1v) is 10.1. The number of carbonyl (C=O) groups is 1. The van der Waals surface area contributed by atoms with Crippen molar-refractivity contribution in [3.63, 3.8) is 0 Å². The fraction of sp³-hybridized carbons (Fsp3) is 0.500. The van der Waals surface area contributed by atoms with E-state index in [0.717, 1.165) is 6.54 Å². The van der Waals surface area contributed by atoms with E-state index in [-0.39, 0.29) is 26.6 Å². The number of fused-ring (bicyclic) bond motifs is 4. The smallest absolute Gasteiger partial charge is 0.270 e. The van der Waals surface area contributed by atoms with Gasteiger partial charge in [-0.1, -0.05) is 32.5 Å². The lowest BCUT2D eigenvalue weighted by molar-refractivity contribution is 0.0617. The van der Waals surface area contributed by atoms with Crippen LogP contribution in [0.3, 0.4) is 0 Å². The molecule has 6 heteroatoms. The first-order chi connectivity index (χ1) is 9.79. The lowest BCUT2D eigenvalue weighted by Gasteiger charge is -2.44. The minimum atomic E-state index is -0.0360. The summed E-state index contributed by atoms with van der Waals surface area (Å²) in [5.41, 5.74) is 0.593. The van der Waals surface area contributed by atoms with Crippen molar-refractivity contribution < 1.29 is 4.79 Å². The Morgan fingerprint density at radius 3 is 3.05 bits per heavy atom. The van der Waals surface area contributed by atoms with Gasteiger partial charge in [-0.15, -0.1) is 0 Å². The van der Waals surface area contributed by atoms with E-state index in [0.29, 0.717) is 17.7 Å². The molecule has 1 aromatic rings. The largest absolute Gasteiger partial charge is 0.346 e. The maximum Gasteiger partial charge on any atom is 0.270 e. The van der Waals surface area contributed by atoms with Crippen LogP contribution in [0.5, 0.6) is 0 Å². The summed E-state index contributed by atoms with van der Waals surface area (Å²) in [6, 6.07) is 2.31. The quantitative estimate of drug-likeness (QED) is 0.770. The van der Waals surface area contributed by atoms with Crippen LogP contribution < -0.4 is 5.32 Å². The number of thioether (sulfide) groups is 1. The van der Waals surface area contributed by atoms with Gasteiger partial charge in [-0.2, -0.15) is 0 Å². The molecule has 1 amide bonds. The summed E-state index contributed by atoms with van der Waals surface area (Å²) in [4.78, 5) is 20.4. The molecule has 1 N–H and O–H groups in total. The number of aromatic nitrogens is 1. The molecule has 5 heterocycles. The Labute approximate surface area is 132 Å². The molecular weight excluding hydrogens is 385 g/mol. The summed E-state index contributed by atoms with van der Waals surface area (Å²) in [5.74, 6) is 0.669. The lowest BCUT2D eigenvalue weighted by Crippen LogP contribution is -2.57. The Kier molecular flexibility index (Phi) is 3.55. The van der Waals surface area contributed by atoms with Gasteiger partial charge in [0.05, 0.1) is 0 Å². The van der Waals surface area contributed by atoms with E-state index in [2.05, 4.69) is 18.5 Å².